The average Bonchev–Trinajstić information content (AvgIpc) is 3.22. The number of pyridine rings is 1. The number of nitrogens with zero attached hydrogens (tertiary/aromatic N) is 1. The Balaban J connectivity index is 1.31. The van der Waals surface area contributed by atoms with Crippen LogP contribution in [0.4, 0.5) is 9.18 Å². The van der Waals surface area contributed by atoms with Gasteiger partial charge in [-0.1, -0.05) is 24.3 Å². The number of Topliss-reactive ketones (excluding diaryl/α,β-unsaturated/α-hetero) is 1. The van der Waals surface area contributed by atoms with Gasteiger partial charge >= 0.3 is 6.09 Å². The molecule has 1 aromatic heterocycles. The van der Waals surface area contributed by atoms with Crippen molar-refractivity contribution in [3.8, 4) is 11.1 Å². The first kappa shape index (κ1) is 23.7. The molecule has 1 heterocycles. The molecule has 1 N–H and O–H groups in total. The van der Waals surface area contributed by atoms with Gasteiger partial charge < -0.3 is 10.1 Å². The summed E-state index contributed by atoms with van der Waals surface area (Å²) in [6.45, 7) is 2.19. The lowest BCUT2D eigenvalue weighted by Crippen LogP contribution is -2.46. The van der Waals surface area contributed by atoms with Crippen LogP contribution < -0.4 is 5.32 Å². The van der Waals surface area contributed by atoms with Gasteiger partial charge in [-0.2, -0.15) is 0 Å². The second kappa shape index (κ2) is 10.3. The average molecular weight is 477 g/mol. The summed E-state index contributed by atoms with van der Waals surface area (Å²) in [5.74, 6) is 2.33. The van der Waals surface area contributed by atoms with Crippen LogP contribution in [0.2, 0.25) is 0 Å². The first-order valence-electron chi connectivity index (χ1n) is 12.9. The van der Waals surface area contributed by atoms with E-state index in [1.165, 1.54) is 12.1 Å². The maximum Gasteiger partial charge on any atom is 0.407 e. The normalized spacial score (nSPS) is 30.1. The van der Waals surface area contributed by atoms with E-state index in [2.05, 4.69) is 22.5 Å². The Morgan fingerprint density at radius 2 is 2.00 bits per heavy atom. The Morgan fingerprint density at radius 1 is 1.11 bits per heavy atom. The lowest BCUT2D eigenvalue weighted by molar-refractivity contribution is -0.117. The topological polar surface area (TPSA) is 68.3 Å². The molecule has 0 aliphatic heterocycles. The molecule has 0 unspecified atom stereocenters. The lowest BCUT2D eigenvalue weighted by Gasteiger charge is -2.48. The number of alkyl carbamates (subject to hydrolysis) is 1. The third-order valence-corrected chi connectivity index (χ3v) is 8.23. The molecule has 6 heteroatoms. The molecule has 1 aromatic carbocycles. The molecule has 0 radical (unpaired) electrons. The van der Waals surface area contributed by atoms with Crippen molar-refractivity contribution in [1.82, 2.24) is 10.3 Å². The summed E-state index contributed by atoms with van der Waals surface area (Å²) in [5.41, 5.74) is 2.56. The van der Waals surface area contributed by atoms with E-state index in [0.717, 1.165) is 42.5 Å². The highest BCUT2D eigenvalue weighted by Gasteiger charge is 2.49. The summed E-state index contributed by atoms with van der Waals surface area (Å²) in [6.07, 6.45) is 11.2. The molecule has 0 spiro atoms. The van der Waals surface area contributed by atoms with Gasteiger partial charge in [-0.05, 0) is 92.0 Å². The van der Waals surface area contributed by atoms with Gasteiger partial charge in [-0.15, -0.1) is 0 Å². The van der Waals surface area contributed by atoms with E-state index in [9.17, 15) is 14.0 Å². The molecule has 1 amide bonds. The lowest BCUT2D eigenvalue weighted by atomic mass is 9.58. The molecule has 3 fully saturated rings. The number of allylic oxidation sites excluding steroid dienone is 1. The molecule has 184 valence electrons. The van der Waals surface area contributed by atoms with Crippen molar-refractivity contribution in [2.45, 2.75) is 51.5 Å². The third-order valence-electron chi connectivity index (χ3n) is 8.23. The summed E-state index contributed by atoms with van der Waals surface area (Å²) in [5, 5.41) is 3.04. The first-order valence-corrected chi connectivity index (χ1v) is 12.9. The van der Waals surface area contributed by atoms with Gasteiger partial charge in [-0.25, -0.2) is 9.18 Å². The zero-order valence-corrected chi connectivity index (χ0v) is 20.2. The summed E-state index contributed by atoms with van der Waals surface area (Å²) in [6, 6.07) is 10.6. The molecule has 3 aliphatic carbocycles. The predicted octanol–water partition coefficient (Wildman–Crippen LogP) is 6.05. The number of benzene rings is 1. The maximum absolute atomic E-state index is 13.6. The van der Waals surface area contributed by atoms with Crippen LogP contribution in [0.15, 0.2) is 48.7 Å². The number of hydrogen-bond donors (Lipinski definition) is 1. The number of ether oxygens (including phenoxy) is 1. The zero-order valence-electron chi connectivity index (χ0n) is 20.2. The molecule has 3 aliphatic rings. The van der Waals surface area contributed by atoms with Crippen molar-refractivity contribution in [3.63, 3.8) is 0 Å². The quantitative estimate of drug-likeness (QED) is 0.571. The van der Waals surface area contributed by atoms with Crippen LogP contribution in [0.25, 0.3) is 17.2 Å². The summed E-state index contributed by atoms with van der Waals surface area (Å²) >= 11 is 0. The number of nitrogens with one attached hydrogen (secondary N) is 1. The Morgan fingerprint density at radius 3 is 2.77 bits per heavy atom. The molecular formula is C29H33FN2O3. The molecule has 0 bridgehead atoms. The van der Waals surface area contributed by atoms with Crippen LogP contribution in [0.5, 0.6) is 0 Å². The van der Waals surface area contributed by atoms with Crippen LogP contribution in [-0.4, -0.2) is 29.5 Å². The van der Waals surface area contributed by atoms with E-state index in [4.69, 9.17) is 4.74 Å². The number of hydrogen-bond acceptors (Lipinski definition) is 4. The van der Waals surface area contributed by atoms with Gasteiger partial charge in [0.25, 0.3) is 0 Å². The standard InChI is InChI=1S/C29H33FN2O3/c1-2-35-29(34)32-24-9-10-26-20(14-24)12-21-15-25(33)16-28(21)27(26)11-8-23-7-6-19(17-31-23)18-4-3-5-22(30)13-18/h3-8,11,13,17,20-21,24,26-28H,2,9-10,12,14-16H2,1H3,(H,32,34)/b11-8+/t20-,21-,24-,26-,27+,28+/m1/s1. The Kier molecular flexibility index (Phi) is 6.98. The Labute approximate surface area is 206 Å². The minimum atomic E-state index is -0.329. The van der Waals surface area contributed by atoms with Gasteiger partial charge in [0.15, 0.2) is 0 Å². The van der Waals surface area contributed by atoms with E-state index in [1.807, 2.05) is 25.1 Å². The largest absolute Gasteiger partial charge is 0.450 e. The number of amides is 1. The van der Waals surface area contributed by atoms with Gasteiger partial charge in [0, 0.05) is 30.6 Å². The highest BCUT2D eigenvalue weighted by molar-refractivity contribution is 5.81. The van der Waals surface area contributed by atoms with E-state index in [1.54, 1.807) is 12.3 Å². The summed E-state index contributed by atoms with van der Waals surface area (Å²) in [4.78, 5) is 28.9. The minimum Gasteiger partial charge on any atom is -0.450 e. The first-order chi connectivity index (χ1) is 17.0. The number of fused-ring (bicyclic) bond motifs is 2. The zero-order chi connectivity index (χ0) is 24.4. The number of aromatic nitrogens is 1. The van der Waals surface area contributed by atoms with E-state index < -0.39 is 0 Å². The van der Waals surface area contributed by atoms with Crippen molar-refractivity contribution in [3.05, 3.63) is 60.2 Å². The minimum absolute atomic E-state index is 0.144. The highest BCUT2D eigenvalue weighted by atomic mass is 19.1. The van der Waals surface area contributed by atoms with E-state index in [-0.39, 0.29) is 18.0 Å². The third kappa shape index (κ3) is 5.31. The highest BCUT2D eigenvalue weighted by Crippen LogP contribution is 2.54. The fraction of sp³-hybridized carbons (Fsp3) is 0.483. The molecule has 5 rings (SSSR count). The molecule has 35 heavy (non-hydrogen) atoms. The summed E-state index contributed by atoms with van der Waals surface area (Å²) < 4.78 is 18.7. The Hall–Kier alpha value is -3.02. The van der Waals surface area contributed by atoms with Gasteiger partial charge in [0.1, 0.15) is 11.6 Å². The fourth-order valence-corrected chi connectivity index (χ4v) is 6.75. The van der Waals surface area contributed by atoms with E-state index >= 15 is 0 Å². The van der Waals surface area contributed by atoms with Gasteiger partial charge in [0.05, 0.1) is 12.3 Å². The second-order valence-electron chi connectivity index (χ2n) is 10.3. The molecular weight excluding hydrogens is 443 g/mol. The molecule has 3 saturated carbocycles. The van der Waals surface area contributed by atoms with Gasteiger partial charge in [0.2, 0.25) is 0 Å². The second-order valence-corrected chi connectivity index (χ2v) is 10.3. The van der Waals surface area contributed by atoms with Gasteiger partial charge in [-0.3, -0.25) is 9.78 Å². The van der Waals surface area contributed by atoms with Crippen molar-refractivity contribution in [1.29, 1.82) is 0 Å². The van der Waals surface area contributed by atoms with Crippen LogP contribution in [-0.2, 0) is 9.53 Å². The van der Waals surface area contributed by atoms with Crippen LogP contribution in [0, 0.1) is 35.4 Å². The number of ketones is 1. The number of carbonyl (C=O) groups is 2. The van der Waals surface area contributed by atoms with Crippen LogP contribution >= 0.6 is 0 Å². The van der Waals surface area contributed by atoms with Crippen LogP contribution in [0.1, 0.15) is 51.1 Å². The van der Waals surface area contributed by atoms with Crippen LogP contribution in [0.3, 0.4) is 0 Å². The maximum atomic E-state index is 13.6. The van der Waals surface area contributed by atoms with Crippen molar-refractivity contribution >= 4 is 18.0 Å². The molecule has 5 nitrogen and oxygen atoms in total. The molecule has 2 aromatic rings. The SMILES string of the molecule is CCOC(=O)N[C@@H]1CC[C@@H]2[C@@H](C1)C[C@@H]1CC(=O)C[C@@H]1[C@H]2/C=C/c1ccc(-c2cccc(F)c2)cn1. The number of halogens is 1. The van der Waals surface area contributed by atoms with Crippen molar-refractivity contribution < 1.29 is 18.7 Å². The number of carbonyl (C=O) groups excluding carboxylic acids is 2. The summed E-state index contributed by atoms with van der Waals surface area (Å²) in [7, 11) is 0. The molecule has 0 saturated heterocycles. The fourth-order valence-electron chi connectivity index (χ4n) is 6.75. The monoisotopic (exact) mass is 476 g/mol. The van der Waals surface area contributed by atoms with E-state index in [0.29, 0.717) is 54.8 Å². The smallest absolute Gasteiger partial charge is 0.407 e. The van der Waals surface area contributed by atoms with Crippen molar-refractivity contribution in [2.24, 2.45) is 29.6 Å². The predicted molar refractivity (Wildman–Crippen MR) is 133 cm³/mol. The number of rotatable bonds is 5. The molecule has 6 atom stereocenters. The Bertz CT molecular complexity index is 1100. The van der Waals surface area contributed by atoms with Crippen molar-refractivity contribution in [2.75, 3.05) is 6.61 Å².